The van der Waals surface area contributed by atoms with E-state index in [0.717, 1.165) is 25.7 Å². The minimum absolute atomic E-state index is 0. The predicted octanol–water partition coefficient (Wildman–Crippen LogP) is 9.49. The molecule has 2 heteroatoms. The van der Waals surface area contributed by atoms with Crippen LogP contribution in [-0.4, -0.2) is 11.0 Å². The lowest BCUT2D eigenvalue weighted by molar-refractivity contribution is 0.276. The molecule has 4 N–H and O–H groups in total. The first-order valence-electron chi connectivity index (χ1n) is 14.4. The lowest BCUT2D eigenvalue weighted by Crippen LogP contribution is -2.45. The maximum Gasteiger partial charge on any atom is 0.0223 e. The summed E-state index contributed by atoms with van der Waals surface area (Å²) in [6.07, 6.45) is 22.6. The van der Waals surface area contributed by atoms with Crippen LogP contribution in [0, 0.1) is 0 Å². The maximum atomic E-state index is 7.23. The van der Waals surface area contributed by atoms with Crippen molar-refractivity contribution in [3.63, 3.8) is 0 Å². The van der Waals surface area contributed by atoms with Gasteiger partial charge in [-0.15, -0.1) is 0 Å². The molecule has 1 unspecified atom stereocenters. The maximum absolute atomic E-state index is 7.23. The van der Waals surface area contributed by atoms with Crippen molar-refractivity contribution >= 4 is 10.8 Å². The first-order valence-corrected chi connectivity index (χ1v) is 14.4. The zero-order valence-corrected chi connectivity index (χ0v) is 22.7. The quantitative estimate of drug-likeness (QED) is 0.205. The zero-order valence-electron chi connectivity index (χ0n) is 22.7. The van der Waals surface area contributed by atoms with Gasteiger partial charge in [0.05, 0.1) is 0 Å². The van der Waals surface area contributed by atoms with Gasteiger partial charge in [0, 0.05) is 11.5 Å². The number of hydrogen-bond donors (Lipinski definition) is 1. The first kappa shape index (κ1) is 30.7. The fraction of sp³-hybridized carbons (Fsp3) is 0.688. The summed E-state index contributed by atoms with van der Waals surface area (Å²) in [6.45, 7) is 6.88. The molecule has 0 aromatic heterocycles. The minimum atomic E-state index is -0.0919. The van der Waals surface area contributed by atoms with Crippen molar-refractivity contribution in [2.75, 3.05) is 0 Å². The predicted molar refractivity (Wildman–Crippen MR) is 153 cm³/mol. The summed E-state index contributed by atoms with van der Waals surface area (Å²) in [7, 11) is 0. The molecule has 0 bridgehead atoms. The normalized spacial score (nSPS) is 12.6. The van der Waals surface area contributed by atoms with Gasteiger partial charge in [-0.1, -0.05) is 153 Å². The van der Waals surface area contributed by atoms with Crippen molar-refractivity contribution in [3.05, 3.63) is 48.0 Å². The highest BCUT2D eigenvalue weighted by Gasteiger charge is 2.34. The van der Waals surface area contributed by atoms with E-state index in [0.29, 0.717) is 5.92 Å². The van der Waals surface area contributed by atoms with Crippen LogP contribution in [-0.2, 0) is 0 Å². The molecule has 0 aliphatic rings. The van der Waals surface area contributed by atoms with Crippen LogP contribution in [0.5, 0.6) is 0 Å². The Bertz CT molecular complexity index is 744. The molecule has 0 saturated carbocycles. The van der Waals surface area contributed by atoms with E-state index in [4.69, 9.17) is 5.73 Å². The Morgan fingerprint density at radius 3 is 1.68 bits per heavy atom. The van der Waals surface area contributed by atoms with Gasteiger partial charge in [-0.2, -0.15) is 0 Å². The van der Waals surface area contributed by atoms with Crippen molar-refractivity contribution in [1.82, 2.24) is 0 Å². The number of fused-ring (bicyclic) bond motifs is 1. The van der Waals surface area contributed by atoms with Crippen LogP contribution in [0.2, 0.25) is 0 Å². The van der Waals surface area contributed by atoms with Gasteiger partial charge in [0.1, 0.15) is 0 Å². The Morgan fingerprint density at radius 1 is 0.618 bits per heavy atom. The van der Waals surface area contributed by atoms with E-state index in [1.807, 2.05) is 0 Å². The minimum Gasteiger partial charge on any atom is -0.412 e. The number of benzene rings is 2. The standard InChI is InChI=1S/C32H53N.H2O/c1-4-7-8-9-10-11-12-13-14-15-16-17-25-31(32(33,26-5-2)27-6-3)30-24-20-22-28-21-18-19-23-29(28)30;/h18-24,31H,4-17,25-27,33H2,1-3H3;1H2. The summed E-state index contributed by atoms with van der Waals surface area (Å²) in [5.41, 5.74) is 8.62. The number of rotatable bonds is 19. The molecular weight excluding hydrogens is 414 g/mol. The summed E-state index contributed by atoms with van der Waals surface area (Å²) in [6, 6.07) is 15.7. The topological polar surface area (TPSA) is 57.5 Å². The van der Waals surface area contributed by atoms with E-state index in [-0.39, 0.29) is 11.0 Å². The third-order valence-corrected chi connectivity index (χ3v) is 7.67. The summed E-state index contributed by atoms with van der Waals surface area (Å²) in [4.78, 5) is 0. The Balaban J connectivity index is 0.00000578. The summed E-state index contributed by atoms with van der Waals surface area (Å²) in [5.74, 6) is 0.451. The van der Waals surface area contributed by atoms with Crippen LogP contribution in [0.25, 0.3) is 10.8 Å². The molecule has 1 atom stereocenters. The van der Waals surface area contributed by atoms with Crippen molar-refractivity contribution in [2.45, 2.75) is 141 Å². The van der Waals surface area contributed by atoms with Gasteiger partial charge < -0.3 is 11.2 Å². The molecule has 2 nitrogen and oxygen atoms in total. The molecule has 0 aliphatic carbocycles. The Labute approximate surface area is 211 Å². The highest BCUT2D eigenvalue weighted by atomic mass is 16.0. The van der Waals surface area contributed by atoms with Gasteiger partial charge in [0.15, 0.2) is 0 Å². The third kappa shape index (κ3) is 10.1. The third-order valence-electron chi connectivity index (χ3n) is 7.67. The van der Waals surface area contributed by atoms with E-state index >= 15 is 0 Å². The molecule has 0 fully saturated rings. The molecule has 194 valence electrons. The zero-order chi connectivity index (χ0) is 23.8. The SMILES string of the molecule is CCCCCCCCCCCCCCC(c1cccc2ccccc12)C(N)(CCC)CCC.O. The van der Waals surface area contributed by atoms with E-state index in [2.05, 4.69) is 63.2 Å². The van der Waals surface area contributed by atoms with Gasteiger partial charge in [-0.05, 0) is 35.6 Å². The molecule has 2 aromatic rings. The van der Waals surface area contributed by atoms with Crippen LogP contribution in [0.3, 0.4) is 0 Å². The fourth-order valence-corrected chi connectivity index (χ4v) is 5.90. The second-order valence-corrected chi connectivity index (χ2v) is 10.5. The highest BCUT2D eigenvalue weighted by Crippen LogP contribution is 2.40. The molecular formula is C32H55NO. The van der Waals surface area contributed by atoms with Crippen LogP contribution < -0.4 is 5.73 Å². The molecule has 2 rings (SSSR count). The van der Waals surface area contributed by atoms with Crippen LogP contribution >= 0.6 is 0 Å². The molecule has 0 radical (unpaired) electrons. The van der Waals surface area contributed by atoms with Gasteiger partial charge in [-0.25, -0.2) is 0 Å². The lowest BCUT2D eigenvalue weighted by Gasteiger charge is -2.39. The summed E-state index contributed by atoms with van der Waals surface area (Å²) < 4.78 is 0. The largest absolute Gasteiger partial charge is 0.412 e. The van der Waals surface area contributed by atoms with Crippen LogP contribution in [0.4, 0.5) is 0 Å². The first-order chi connectivity index (χ1) is 16.2. The lowest BCUT2D eigenvalue weighted by atomic mass is 9.71. The average Bonchev–Trinajstić information content (AvgIpc) is 2.82. The van der Waals surface area contributed by atoms with Crippen molar-refractivity contribution < 1.29 is 5.48 Å². The Hall–Kier alpha value is -1.38. The Kier molecular flexibility index (Phi) is 16.2. The fourth-order valence-electron chi connectivity index (χ4n) is 5.90. The smallest absolute Gasteiger partial charge is 0.0223 e. The molecule has 0 heterocycles. The number of unbranched alkanes of at least 4 members (excludes halogenated alkanes) is 11. The van der Waals surface area contributed by atoms with Crippen LogP contribution in [0.1, 0.15) is 141 Å². The number of hydrogen-bond acceptors (Lipinski definition) is 1. The molecule has 0 amide bonds. The second-order valence-electron chi connectivity index (χ2n) is 10.5. The molecule has 0 spiro atoms. The van der Waals surface area contributed by atoms with Gasteiger partial charge in [0.2, 0.25) is 0 Å². The van der Waals surface area contributed by atoms with Crippen molar-refractivity contribution in [2.24, 2.45) is 5.73 Å². The van der Waals surface area contributed by atoms with E-state index in [1.165, 1.54) is 99.8 Å². The molecule has 2 aromatic carbocycles. The van der Waals surface area contributed by atoms with E-state index in [9.17, 15) is 0 Å². The highest BCUT2D eigenvalue weighted by molar-refractivity contribution is 5.86. The van der Waals surface area contributed by atoms with Gasteiger partial charge in [0.25, 0.3) is 0 Å². The summed E-state index contributed by atoms with van der Waals surface area (Å²) >= 11 is 0. The monoisotopic (exact) mass is 469 g/mol. The van der Waals surface area contributed by atoms with Crippen molar-refractivity contribution in [3.8, 4) is 0 Å². The van der Waals surface area contributed by atoms with E-state index < -0.39 is 0 Å². The molecule has 0 saturated heterocycles. The average molecular weight is 470 g/mol. The Morgan fingerprint density at radius 2 is 1.12 bits per heavy atom. The van der Waals surface area contributed by atoms with Crippen molar-refractivity contribution in [1.29, 1.82) is 0 Å². The number of nitrogens with two attached hydrogens (primary N) is 1. The second kappa shape index (κ2) is 18.0. The van der Waals surface area contributed by atoms with Gasteiger partial charge >= 0.3 is 0 Å². The van der Waals surface area contributed by atoms with Gasteiger partial charge in [-0.3, -0.25) is 0 Å². The van der Waals surface area contributed by atoms with E-state index in [1.54, 1.807) is 0 Å². The molecule has 0 aliphatic heterocycles. The molecule has 34 heavy (non-hydrogen) atoms. The van der Waals surface area contributed by atoms with Crippen LogP contribution in [0.15, 0.2) is 42.5 Å². The summed E-state index contributed by atoms with van der Waals surface area (Å²) in [5, 5.41) is 2.76.